The molecule has 2 aromatic heterocycles. The summed E-state index contributed by atoms with van der Waals surface area (Å²) < 4.78 is 14.9. The van der Waals surface area contributed by atoms with Crippen LogP contribution in [0.3, 0.4) is 0 Å². The summed E-state index contributed by atoms with van der Waals surface area (Å²) in [5, 5.41) is 1.18. The van der Waals surface area contributed by atoms with Gasteiger partial charge >= 0.3 is 7.12 Å². The van der Waals surface area contributed by atoms with E-state index in [1.807, 2.05) is 12.3 Å². The molecule has 0 atom stereocenters. The Morgan fingerprint density at radius 1 is 0.703 bits per heavy atom. The van der Waals surface area contributed by atoms with Crippen LogP contribution in [0.2, 0.25) is 0 Å². The minimum Gasteiger partial charge on any atom is -0.399 e. The fourth-order valence-corrected chi connectivity index (χ4v) is 6.06. The lowest BCUT2D eigenvalue weighted by atomic mass is 9.79. The van der Waals surface area contributed by atoms with E-state index in [2.05, 4.69) is 113 Å². The summed E-state index contributed by atoms with van der Waals surface area (Å²) in [6.07, 6.45) is 1.89. The highest BCUT2D eigenvalue weighted by molar-refractivity contribution is 6.62. The smallest absolute Gasteiger partial charge is 0.399 e. The first-order chi connectivity index (χ1) is 17.6. The van der Waals surface area contributed by atoms with Crippen LogP contribution in [0, 0.1) is 0 Å². The van der Waals surface area contributed by atoms with Gasteiger partial charge in [-0.3, -0.25) is 4.98 Å². The maximum absolute atomic E-state index is 6.29. The van der Waals surface area contributed by atoms with E-state index in [1.165, 1.54) is 33.2 Å². The molecule has 1 saturated heterocycles. The molecule has 0 bridgehead atoms. The number of hydrogen-bond donors (Lipinski definition) is 0. The SMILES string of the molecule is CC1(C)c2ccccc2-c2cc3c4ncccc4n(-c4ccc(B5OC(C)(C)C(C)(C)O5)cc4)c3cc21. The Bertz CT molecular complexity index is 1700. The number of pyridine rings is 1. The van der Waals surface area contributed by atoms with Crippen LogP contribution in [-0.4, -0.2) is 27.9 Å². The van der Waals surface area contributed by atoms with Crippen molar-refractivity contribution in [3.63, 3.8) is 0 Å². The summed E-state index contributed by atoms with van der Waals surface area (Å²) in [6, 6.07) is 26.3. The number of rotatable bonds is 2. The molecule has 3 heterocycles. The molecule has 3 aromatic carbocycles. The Labute approximate surface area is 218 Å². The van der Waals surface area contributed by atoms with E-state index < -0.39 is 0 Å². The molecule has 2 aliphatic rings. The third-order valence-corrected chi connectivity index (χ3v) is 8.90. The van der Waals surface area contributed by atoms with Gasteiger partial charge in [-0.15, -0.1) is 0 Å². The molecule has 5 heteroatoms. The van der Waals surface area contributed by atoms with Crippen LogP contribution in [0.25, 0.3) is 38.8 Å². The van der Waals surface area contributed by atoms with Gasteiger partial charge in [0, 0.05) is 22.7 Å². The van der Waals surface area contributed by atoms with Gasteiger partial charge in [-0.1, -0.05) is 50.2 Å². The molecule has 1 aliphatic carbocycles. The van der Waals surface area contributed by atoms with Gasteiger partial charge in [0.1, 0.15) is 0 Å². The van der Waals surface area contributed by atoms with Crippen LogP contribution in [-0.2, 0) is 14.7 Å². The van der Waals surface area contributed by atoms with Crippen LogP contribution >= 0.6 is 0 Å². The normalized spacial score (nSPS) is 18.9. The quantitative estimate of drug-likeness (QED) is 0.258. The molecule has 37 heavy (non-hydrogen) atoms. The molecule has 0 spiro atoms. The zero-order valence-corrected chi connectivity index (χ0v) is 22.3. The Hall–Kier alpha value is -3.41. The summed E-state index contributed by atoms with van der Waals surface area (Å²) >= 11 is 0. The van der Waals surface area contributed by atoms with E-state index in [9.17, 15) is 0 Å². The maximum Gasteiger partial charge on any atom is 0.494 e. The van der Waals surface area contributed by atoms with Crippen molar-refractivity contribution in [1.29, 1.82) is 0 Å². The molecule has 0 radical (unpaired) electrons. The van der Waals surface area contributed by atoms with Crippen molar-refractivity contribution in [2.45, 2.75) is 58.2 Å². The van der Waals surface area contributed by atoms with Gasteiger partial charge in [-0.05, 0) is 91.8 Å². The Morgan fingerprint density at radius 3 is 2.14 bits per heavy atom. The first kappa shape index (κ1) is 22.8. The highest BCUT2D eigenvalue weighted by Gasteiger charge is 2.51. The predicted molar refractivity (Wildman–Crippen MR) is 152 cm³/mol. The second kappa shape index (κ2) is 7.34. The molecule has 4 nitrogen and oxygen atoms in total. The van der Waals surface area contributed by atoms with Crippen molar-refractivity contribution < 1.29 is 9.31 Å². The maximum atomic E-state index is 6.29. The summed E-state index contributed by atoms with van der Waals surface area (Å²) in [7, 11) is -0.374. The summed E-state index contributed by atoms with van der Waals surface area (Å²) in [6.45, 7) is 13.0. The lowest BCUT2D eigenvalue weighted by molar-refractivity contribution is 0.00578. The van der Waals surface area contributed by atoms with Crippen LogP contribution < -0.4 is 5.46 Å². The van der Waals surface area contributed by atoms with Gasteiger partial charge in [0.05, 0.1) is 27.8 Å². The van der Waals surface area contributed by atoms with Gasteiger partial charge in [-0.2, -0.15) is 0 Å². The first-order valence-electron chi connectivity index (χ1n) is 13.1. The number of hydrogen-bond acceptors (Lipinski definition) is 3. The Morgan fingerprint density at radius 2 is 1.41 bits per heavy atom. The molecule has 0 unspecified atom stereocenters. The van der Waals surface area contributed by atoms with Crippen LogP contribution in [0.5, 0.6) is 0 Å². The molecule has 7 rings (SSSR count). The molecule has 0 saturated carbocycles. The number of fused-ring (bicyclic) bond motifs is 6. The molecular formula is C32H31BN2O2. The minimum absolute atomic E-state index is 0.0601. The van der Waals surface area contributed by atoms with Gasteiger partial charge in [0.15, 0.2) is 0 Å². The molecule has 5 aromatic rings. The van der Waals surface area contributed by atoms with E-state index in [1.54, 1.807) is 0 Å². The Balaban J connectivity index is 1.40. The van der Waals surface area contributed by atoms with Crippen molar-refractivity contribution in [3.05, 3.63) is 90.1 Å². The van der Waals surface area contributed by atoms with Crippen molar-refractivity contribution >= 4 is 34.5 Å². The third kappa shape index (κ3) is 3.08. The summed E-state index contributed by atoms with van der Waals surface area (Å²) in [4.78, 5) is 4.82. The molecular weight excluding hydrogens is 455 g/mol. The largest absolute Gasteiger partial charge is 0.494 e. The monoisotopic (exact) mass is 486 g/mol. The van der Waals surface area contributed by atoms with Gasteiger partial charge in [-0.25, -0.2) is 0 Å². The summed E-state index contributed by atoms with van der Waals surface area (Å²) in [5.74, 6) is 0. The fraction of sp³-hybridized carbons (Fsp3) is 0.281. The topological polar surface area (TPSA) is 36.3 Å². The second-order valence-electron chi connectivity index (χ2n) is 12.0. The van der Waals surface area contributed by atoms with Crippen molar-refractivity contribution in [3.8, 4) is 16.8 Å². The lowest BCUT2D eigenvalue weighted by Crippen LogP contribution is -2.41. The molecule has 1 aliphatic heterocycles. The average molecular weight is 486 g/mol. The van der Waals surface area contributed by atoms with Crippen molar-refractivity contribution in [2.24, 2.45) is 0 Å². The predicted octanol–water partition coefficient (Wildman–Crippen LogP) is 6.78. The van der Waals surface area contributed by atoms with Gasteiger partial charge in [0.2, 0.25) is 0 Å². The van der Waals surface area contributed by atoms with E-state index in [0.29, 0.717) is 0 Å². The number of benzene rings is 3. The summed E-state index contributed by atoms with van der Waals surface area (Å²) in [5.41, 5.74) is 10.0. The fourth-order valence-electron chi connectivity index (χ4n) is 6.06. The third-order valence-electron chi connectivity index (χ3n) is 8.90. The highest BCUT2D eigenvalue weighted by Crippen LogP contribution is 2.50. The van der Waals surface area contributed by atoms with E-state index in [0.717, 1.165) is 22.2 Å². The van der Waals surface area contributed by atoms with Gasteiger partial charge < -0.3 is 13.9 Å². The second-order valence-corrected chi connectivity index (χ2v) is 12.0. The zero-order valence-electron chi connectivity index (χ0n) is 22.3. The van der Waals surface area contributed by atoms with Crippen LogP contribution in [0.1, 0.15) is 52.7 Å². The average Bonchev–Trinajstić information content (AvgIpc) is 3.40. The van der Waals surface area contributed by atoms with Crippen molar-refractivity contribution in [2.75, 3.05) is 0 Å². The Kier molecular flexibility index (Phi) is 4.51. The molecule has 184 valence electrons. The van der Waals surface area contributed by atoms with E-state index in [4.69, 9.17) is 14.3 Å². The molecule has 0 N–H and O–H groups in total. The van der Waals surface area contributed by atoms with Crippen LogP contribution in [0.15, 0.2) is 79.0 Å². The number of nitrogens with zero attached hydrogens (tertiary/aromatic N) is 2. The molecule has 1 fully saturated rings. The zero-order chi connectivity index (χ0) is 25.7. The van der Waals surface area contributed by atoms with Crippen LogP contribution in [0.4, 0.5) is 0 Å². The minimum atomic E-state index is -0.374. The van der Waals surface area contributed by atoms with Crippen molar-refractivity contribution in [1.82, 2.24) is 9.55 Å². The highest BCUT2D eigenvalue weighted by atomic mass is 16.7. The van der Waals surface area contributed by atoms with E-state index in [-0.39, 0.29) is 23.7 Å². The number of aromatic nitrogens is 2. The first-order valence-corrected chi connectivity index (χ1v) is 13.1. The standard InChI is InChI=1S/C32H31BN2O2/c1-30(2)25-11-8-7-10-22(25)23-18-24-28(19-26(23)30)35(27-12-9-17-34-29(24)27)21-15-13-20(14-16-21)33-36-31(3,4)32(5,6)37-33/h7-19H,1-6H3. The van der Waals surface area contributed by atoms with Gasteiger partial charge in [0.25, 0.3) is 0 Å². The van der Waals surface area contributed by atoms with E-state index >= 15 is 0 Å². The molecule has 0 amide bonds. The lowest BCUT2D eigenvalue weighted by Gasteiger charge is -2.32.